The fourth-order valence-electron chi connectivity index (χ4n) is 5.70. The fraction of sp³-hybridized carbons (Fsp3) is 0.938. The van der Waals surface area contributed by atoms with E-state index in [0.717, 1.165) is 49.2 Å². The summed E-state index contributed by atoms with van der Waals surface area (Å²) in [5.41, 5.74) is 6.01. The van der Waals surface area contributed by atoms with Gasteiger partial charge in [0.05, 0.1) is 6.54 Å². The molecule has 1 heterocycles. The lowest BCUT2D eigenvalue weighted by Crippen LogP contribution is -2.52. The molecule has 1 unspecified atom stereocenters. The van der Waals surface area contributed by atoms with Crippen molar-refractivity contribution < 1.29 is 0 Å². The third kappa shape index (κ3) is 2.01. The van der Waals surface area contributed by atoms with Crippen molar-refractivity contribution in [2.24, 2.45) is 40.3 Å². The van der Waals surface area contributed by atoms with Gasteiger partial charge in [0.15, 0.2) is 0 Å². The van der Waals surface area contributed by atoms with Crippen LogP contribution in [0.15, 0.2) is 4.99 Å². The molecule has 0 saturated heterocycles. The number of amidine groups is 1. The van der Waals surface area contributed by atoms with Gasteiger partial charge in [-0.25, -0.2) is 0 Å². The zero-order valence-electron chi connectivity index (χ0n) is 12.1. The largest absolute Gasteiger partial charge is 0.357 e. The number of rotatable bonds is 3. The average Bonchev–Trinajstić information content (AvgIpc) is 2.75. The van der Waals surface area contributed by atoms with Crippen molar-refractivity contribution in [2.45, 2.75) is 45.1 Å². The van der Waals surface area contributed by atoms with Crippen LogP contribution in [0, 0.1) is 29.6 Å². The van der Waals surface area contributed by atoms with Crippen molar-refractivity contribution in [3.63, 3.8) is 0 Å². The van der Waals surface area contributed by atoms with E-state index in [1.807, 2.05) is 0 Å². The number of nitrogens with zero attached hydrogens (tertiary/aromatic N) is 2. The first-order valence-corrected chi connectivity index (χ1v) is 8.25. The molecule has 3 heteroatoms. The van der Waals surface area contributed by atoms with E-state index in [1.165, 1.54) is 37.9 Å². The molecule has 0 spiro atoms. The van der Waals surface area contributed by atoms with Crippen molar-refractivity contribution in [1.82, 2.24) is 4.90 Å². The smallest absolute Gasteiger partial charge is 0.103 e. The topological polar surface area (TPSA) is 41.6 Å². The molecule has 4 fully saturated rings. The lowest BCUT2D eigenvalue weighted by atomic mass is 9.51. The second kappa shape index (κ2) is 4.47. The lowest BCUT2D eigenvalue weighted by molar-refractivity contribution is -0.0119. The lowest BCUT2D eigenvalue weighted by Gasteiger charge is -2.55. The highest BCUT2D eigenvalue weighted by Crippen LogP contribution is 2.57. The van der Waals surface area contributed by atoms with Gasteiger partial charge in [0.2, 0.25) is 0 Å². The van der Waals surface area contributed by atoms with Crippen LogP contribution >= 0.6 is 0 Å². The van der Waals surface area contributed by atoms with Gasteiger partial charge in [-0.05, 0) is 62.7 Å². The fourth-order valence-corrected chi connectivity index (χ4v) is 5.70. The molecule has 4 aliphatic carbocycles. The summed E-state index contributed by atoms with van der Waals surface area (Å²) in [5, 5.41) is 0. The van der Waals surface area contributed by atoms with Crippen molar-refractivity contribution in [3.8, 4) is 0 Å². The van der Waals surface area contributed by atoms with Gasteiger partial charge in [-0.2, -0.15) is 0 Å². The Morgan fingerprint density at radius 2 is 1.79 bits per heavy atom. The Bertz CT molecular complexity index is 359. The van der Waals surface area contributed by atoms with Crippen molar-refractivity contribution in [2.75, 3.05) is 19.6 Å². The van der Waals surface area contributed by atoms with Crippen LogP contribution in [0.1, 0.15) is 39.0 Å². The minimum absolute atomic E-state index is 0.264. The molecule has 2 N–H and O–H groups in total. The van der Waals surface area contributed by atoms with Crippen LogP contribution in [0.4, 0.5) is 0 Å². The van der Waals surface area contributed by atoms with E-state index in [4.69, 9.17) is 10.7 Å². The van der Waals surface area contributed by atoms with Crippen LogP contribution in [-0.4, -0.2) is 36.4 Å². The third-order valence-electron chi connectivity index (χ3n) is 6.00. The maximum atomic E-state index is 6.01. The Balaban J connectivity index is 1.55. The van der Waals surface area contributed by atoms with Gasteiger partial charge < -0.3 is 10.6 Å². The molecular formula is C16H27N3. The Labute approximate surface area is 116 Å². The zero-order chi connectivity index (χ0) is 13.0. The molecule has 0 radical (unpaired) electrons. The van der Waals surface area contributed by atoms with Crippen molar-refractivity contribution >= 4 is 5.84 Å². The van der Waals surface area contributed by atoms with Gasteiger partial charge in [0.1, 0.15) is 5.84 Å². The average molecular weight is 261 g/mol. The van der Waals surface area contributed by atoms with Gasteiger partial charge in [-0.3, -0.25) is 4.99 Å². The monoisotopic (exact) mass is 261 g/mol. The van der Waals surface area contributed by atoms with Crippen LogP contribution in [0.3, 0.4) is 0 Å². The highest BCUT2D eigenvalue weighted by Gasteiger charge is 2.51. The molecule has 0 aromatic rings. The summed E-state index contributed by atoms with van der Waals surface area (Å²) >= 11 is 0. The Morgan fingerprint density at radius 3 is 2.37 bits per heavy atom. The van der Waals surface area contributed by atoms with E-state index < -0.39 is 0 Å². The molecule has 0 aromatic carbocycles. The summed E-state index contributed by atoms with van der Waals surface area (Å²) < 4.78 is 0. The quantitative estimate of drug-likeness (QED) is 0.845. The van der Waals surface area contributed by atoms with E-state index in [2.05, 4.69) is 11.8 Å². The summed E-state index contributed by atoms with van der Waals surface area (Å²) in [7, 11) is 0. The molecule has 106 valence electrons. The maximum absolute atomic E-state index is 6.01. The second-order valence-corrected chi connectivity index (χ2v) is 7.62. The zero-order valence-corrected chi connectivity index (χ0v) is 12.1. The van der Waals surface area contributed by atoms with E-state index in [0.29, 0.717) is 0 Å². The van der Waals surface area contributed by atoms with Gasteiger partial charge in [-0.1, -0.05) is 0 Å². The van der Waals surface area contributed by atoms with Crippen LogP contribution < -0.4 is 5.73 Å². The molecular weight excluding hydrogens is 234 g/mol. The predicted molar refractivity (Wildman–Crippen MR) is 78.1 cm³/mol. The molecule has 5 rings (SSSR count). The summed E-state index contributed by atoms with van der Waals surface area (Å²) in [6.45, 7) is 5.24. The molecule has 0 aromatic heterocycles. The van der Waals surface area contributed by atoms with Crippen molar-refractivity contribution in [1.29, 1.82) is 0 Å². The molecule has 0 amide bonds. The molecule has 5 aliphatic rings. The van der Waals surface area contributed by atoms with E-state index >= 15 is 0 Å². The third-order valence-corrected chi connectivity index (χ3v) is 6.00. The van der Waals surface area contributed by atoms with Crippen LogP contribution in [0.25, 0.3) is 0 Å². The Hall–Kier alpha value is -0.570. The number of hydrogen-bond acceptors (Lipinski definition) is 3. The van der Waals surface area contributed by atoms with Gasteiger partial charge in [0.25, 0.3) is 0 Å². The first-order chi connectivity index (χ1) is 9.20. The highest BCUT2D eigenvalue weighted by atomic mass is 15.2. The minimum Gasteiger partial charge on any atom is -0.357 e. The Kier molecular flexibility index (Phi) is 2.87. The molecule has 19 heavy (non-hydrogen) atoms. The molecule has 4 bridgehead atoms. The van der Waals surface area contributed by atoms with E-state index in [1.54, 1.807) is 0 Å². The molecule has 4 saturated carbocycles. The van der Waals surface area contributed by atoms with Gasteiger partial charge >= 0.3 is 0 Å². The van der Waals surface area contributed by atoms with Gasteiger partial charge in [-0.15, -0.1) is 0 Å². The Morgan fingerprint density at radius 1 is 1.16 bits per heavy atom. The normalized spacial score (nSPS) is 45.7. The van der Waals surface area contributed by atoms with E-state index in [9.17, 15) is 0 Å². The molecule has 1 atom stereocenters. The van der Waals surface area contributed by atoms with Crippen LogP contribution in [0.5, 0.6) is 0 Å². The van der Waals surface area contributed by atoms with Crippen LogP contribution in [0.2, 0.25) is 0 Å². The standard InChI is InChI=1S/C16H27N3/c1-10(17)9-19-3-2-18-16(19)15-13-5-11-4-12(7-13)8-14(15)6-11/h10-15H,2-9,17H2,1H3. The first kappa shape index (κ1) is 12.2. The summed E-state index contributed by atoms with van der Waals surface area (Å²) in [4.78, 5) is 7.41. The number of aliphatic imine (C=N–C) groups is 1. The number of nitrogens with two attached hydrogens (primary N) is 1. The van der Waals surface area contributed by atoms with Crippen molar-refractivity contribution in [3.05, 3.63) is 0 Å². The van der Waals surface area contributed by atoms with Gasteiger partial charge in [0, 0.05) is 25.0 Å². The van der Waals surface area contributed by atoms with Crippen LogP contribution in [-0.2, 0) is 0 Å². The molecule has 3 nitrogen and oxygen atoms in total. The number of hydrogen-bond donors (Lipinski definition) is 1. The first-order valence-electron chi connectivity index (χ1n) is 8.25. The summed E-state index contributed by atoms with van der Waals surface area (Å²) in [6.07, 6.45) is 7.49. The summed E-state index contributed by atoms with van der Waals surface area (Å²) in [6, 6.07) is 0.264. The molecule has 1 aliphatic heterocycles. The second-order valence-electron chi connectivity index (χ2n) is 7.62. The minimum atomic E-state index is 0.264. The SMILES string of the molecule is CC(N)CN1CCN=C1C1C2CC3CC(C2)CC1C3. The van der Waals surface area contributed by atoms with E-state index in [-0.39, 0.29) is 6.04 Å². The highest BCUT2D eigenvalue weighted by molar-refractivity contribution is 5.87. The maximum Gasteiger partial charge on any atom is 0.103 e. The summed E-state index contributed by atoms with van der Waals surface area (Å²) in [5.74, 6) is 6.25. The predicted octanol–water partition coefficient (Wildman–Crippen LogP) is 2.12.